The molecule has 1 amide bonds. The average Bonchev–Trinajstić information content (AvgIpc) is 3.11. The van der Waals surface area contributed by atoms with Gasteiger partial charge in [0.25, 0.3) is 5.91 Å². The van der Waals surface area contributed by atoms with Gasteiger partial charge in [-0.3, -0.25) is 15.0 Å². The van der Waals surface area contributed by atoms with Crippen molar-refractivity contribution in [3.05, 3.63) is 65.5 Å². The van der Waals surface area contributed by atoms with Gasteiger partial charge in [0.15, 0.2) is 0 Å². The van der Waals surface area contributed by atoms with Gasteiger partial charge in [-0.2, -0.15) is 0 Å². The predicted octanol–water partition coefficient (Wildman–Crippen LogP) is 2.87. The number of likely N-dealkylation sites (tertiary alicyclic amines) is 1. The fraction of sp³-hybridized carbons (Fsp3) is 0.409. The summed E-state index contributed by atoms with van der Waals surface area (Å²) in [6.07, 6.45) is 1.66. The van der Waals surface area contributed by atoms with Gasteiger partial charge in [0.1, 0.15) is 11.6 Å². The van der Waals surface area contributed by atoms with Gasteiger partial charge >= 0.3 is 0 Å². The van der Waals surface area contributed by atoms with Gasteiger partial charge in [-0.1, -0.05) is 24.3 Å². The number of nitrogens with zero attached hydrogens (tertiary/aromatic N) is 2. The Hall–Kier alpha value is -2.44. The van der Waals surface area contributed by atoms with E-state index in [0.29, 0.717) is 30.9 Å². The second-order valence-electron chi connectivity index (χ2n) is 7.50. The van der Waals surface area contributed by atoms with Crippen molar-refractivity contribution in [2.45, 2.75) is 25.0 Å². The molecule has 1 spiro atoms. The predicted molar refractivity (Wildman–Crippen MR) is 106 cm³/mol. The molecule has 6 heteroatoms. The van der Waals surface area contributed by atoms with Crippen molar-refractivity contribution >= 4 is 5.91 Å². The van der Waals surface area contributed by atoms with Crippen LogP contribution >= 0.6 is 0 Å². The molecule has 1 N–H and O–H groups in total. The van der Waals surface area contributed by atoms with E-state index in [4.69, 9.17) is 4.74 Å². The first-order chi connectivity index (χ1) is 13.6. The summed E-state index contributed by atoms with van der Waals surface area (Å²) in [6.45, 7) is 3.72. The minimum absolute atomic E-state index is 0.0346. The minimum Gasteiger partial charge on any atom is -0.497 e. The number of rotatable bonds is 4. The molecular weight excluding hydrogens is 357 g/mol. The molecule has 5 nitrogen and oxygen atoms in total. The van der Waals surface area contributed by atoms with Gasteiger partial charge in [-0.05, 0) is 37.1 Å². The van der Waals surface area contributed by atoms with Crippen LogP contribution in [0.15, 0.2) is 48.5 Å². The molecule has 4 rings (SSSR count). The van der Waals surface area contributed by atoms with E-state index >= 15 is 0 Å². The zero-order valence-corrected chi connectivity index (χ0v) is 16.2. The number of ether oxygens (including phenoxy) is 1. The maximum Gasteiger partial charge on any atom is 0.253 e. The van der Waals surface area contributed by atoms with Crippen LogP contribution in [0.3, 0.4) is 0 Å². The number of carbonyl (C=O) groups excluding carboxylic acids is 1. The summed E-state index contributed by atoms with van der Waals surface area (Å²) in [5, 5.41) is 3.62. The minimum atomic E-state index is -0.159. The van der Waals surface area contributed by atoms with Crippen LogP contribution in [0.1, 0.15) is 28.8 Å². The van der Waals surface area contributed by atoms with E-state index in [9.17, 15) is 9.18 Å². The Balaban J connectivity index is 1.43. The van der Waals surface area contributed by atoms with E-state index in [1.54, 1.807) is 19.2 Å². The quantitative estimate of drug-likeness (QED) is 0.882. The van der Waals surface area contributed by atoms with Crippen molar-refractivity contribution in [3.63, 3.8) is 0 Å². The van der Waals surface area contributed by atoms with E-state index < -0.39 is 0 Å². The van der Waals surface area contributed by atoms with Crippen LogP contribution in [0.2, 0.25) is 0 Å². The Bertz CT molecular complexity index is 849. The molecule has 2 heterocycles. The van der Waals surface area contributed by atoms with Crippen LogP contribution in [0.25, 0.3) is 0 Å². The summed E-state index contributed by atoms with van der Waals surface area (Å²) in [5.41, 5.74) is 1.21. The van der Waals surface area contributed by atoms with Gasteiger partial charge in [-0.15, -0.1) is 0 Å². The second-order valence-corrected chi connectivity index (χ2v) is 7.50. The molecule has 0 aliphatic carbocycles. The van der Waals surface area contributed by atoms with E-state index in [-0.39, 0.29) is 17.4 Å². The first kappa shape index (κ1) is 18.9. The topological polar surface area (TPSA) is 44.8 Å². The highest BCUT2D eigenvalue weighted by molar-refractivity contribution is 5.94. The highest BCUT2D eigenvalue weighted by Crippen LogP contribution is 2.32. The summed E-state index contributed by atoms with van der Waals surface area (Å²) in [7, 11) is 1.60. The molecule has 2 aliphatic heterocycles. The number of hydrogen-bond acceptors (Lipinski definition) is 4. The third-order valence-electron chi connectivity index (χ3n) is 5.95. The van der Waals surface area contributed by atoms with E-state index in [1.807, 2.05) is 35.2 Å². The highest BCUT2D eigenvalue weighted by Gasteiger charge is 2.43. The first-order valence-corrected chi connectivity index (χ1v) is 9.78. The Morgan fingerprint density at radius 1 is 1.14 bits per heavy atom. The molecule has 2 aliphatic rings. The number of piperidine rings is 1. The number of benzene rings is 2. The summed E-state index contributed by atoms with van der Waals surface area (Å²) in [5.74, 6) is 0.565. The Labute approximate surface area is 165 Å². The molecule has 0 atom stereocenters. The lowest BCUT2D eigenvalue weighted by Crippen LogP contribution is -2.58. The molecular formula is C22H26FN3O2. The van der Waals surface area contributed by atoms with Crippen LogP contribution in [0, 0.1) is 5.82 Å². The summed E-state index contributed by atoms with van der Waals surface area (Å²) >= 11 is 0. The molecule has 148 valence electrons. The average molecular weight is 383 g/mol. The number of halogens is 1. The summed E-state index contributed by atoms with van der Waals surface area (Å²) in [4.78, 5) is 17.1. The van der Waals surface area contributed by atoms with Crippen molar-refractivity contribution in [2.24, 2.45) is 0 Å². The molecule has 0 aromatic heterocycles. The molecule has 0 bridgehead atoms. The Kier molecular flexibility index (Phi) is 5.33. The van der Waals surface area contributed by atoms with Gasteiger partial charge in [0.05, 0.1) is 12.8 Å². The van der Waals surface area contributed by atoms with Crippen LogP contribution in [0.4, 0.5) is 4.39 Å². The second kappa shape index (κ2) is 7.89. The molecule has 0 unspecified atom stereocenters. The lowest BCUT2D eigenvalue weighted by molar-refractivity contribution is 0.0285. The number of methoxy groups -OCH3 is 1. The largest absolute Gasteiger partial charge is 0.497 e. The number of nitrogens with one attached hydrogen (secondary N) is 1. The van der Waals surface area contributed by atoms with Crippen molar-refractivity contribution in [1.82, 2.24) is 15.1 Å². The lowest BCUT2D eigenvalue weighted by atomic mass is 9.95. The third kappa shape index (κ3) is 3.62. The number of amides is 1. The van der Waals surface area contributed by atoms with Crippen LogP contribution in [-0.4, -0.2) is 54.7 Å². The standard InChI is InChI=1S/C22H26FN3O2/c1-28-19-7-4-6-17(15-19)21(27)25-12-9-22(10-13-25)24-11-14-26(22)16-18-5-2-3-8-20(18)23/h2-8,15,24H,9-14,16H2,1H3. The van der Waals surface area contributed by atoms with Gasteiger partial charge in [-0.25, -0.2) is 4.39 Å². The van der Waals surface area contributed by atoms with Gasteiger partial charge in [0, 0.05) is 43.9 Å². The Morgan fingerprint density at radius 3 is 2.68 bits per heavy atom. The fourth-order valence-electron chi connectivity index (χ4n) is 4.32. The van der Waals surface area contributed by atoms with E-state index in [0.717, 1.165) is 31.5 Å². The zero-order chi connectivity index (χ0) is 19.6. The monoisotopic (exact) mass is 383 g/mol. The van der Waals surface area contributed by atoms with Crippen molar-refractivity contribution < 1.29 is 13.9 Å². The molecule has 0 radical (unpaired) electrons. The van der Waals surface area contributed by atoms with Gasteiger partial charge in [0.2, 0.25) is 0 Å². The van der Waals surface area contributed by atoms with Crippen molar-refractivity contribution in [1.29, 1.82) is 0 Å². The maximum absolute atomic E-state index is 14.1. The number of hydrogen-bond donors (Lipinski definition) is 1. The van der Waals surface area contributed by atoms with E-state index in [1.165, 1.54) is 6.07 Å². The third-order valence-corrected chi connectivity index (χ3v) is 5.95. The van der Waals surface area contributed by atoms with Crippen LogP contribution < -0.4 is 10.1 Å². The fourth-order valence-corrected chi connectivity index (χ4v) is 4.32. The summed E-state index contributed by atoms with van der Waals surface area (Å²) < 4.78 is 19.3. The number of carbonyl (C=O) groups is 1. The zero-order valence-electron chi connectivity index (χ0n) is 16.2. The van der Waals surface area contributed by atoms with Gasteiger partial charge < -0.3 is 9.64 Å². The van der Waals surface area contributed by atoms with Crippen LogP contribution in [-0.2, 0) is 6.54 Å². The SMILES string of the molecule is COc1cccc(C(=O)N2CCC3(CC2)NCCN3Cc2ccccc2F)c1. The van der Waals surface area contributed by atoms with E-state index in [2.05, 4.69) is 10.2 Å². The molecule has 28 heavy (non-hydrogen) atoms. The smallest absolute Gasteiger partial charge is 0.253 e. The normalized spacial score (nSPS) is 19.1. The maximum atomic E-state index is 14.1. The molecule has 2 aromatic carbocycles. The molecule has 0 saturated carbocycles. The molecule has 2 saturated heterocycles. The Morgan fingerprint density at radius 2 is 1.93 bits per heavy atom. The first-order valence-electron chi connectivity index (χ1n) is 9.78. The van der Waals surface area contributed by atoms with Crippen molar-refractivity contribution in [3.8, 4) is 5.75 Å². The lowest BCUT2D eigenvalue weighted by Gasteiger charge is -2.45. The molecule has 2 fully saturated rings. The molecule has 2 aromatic rings. The van der Waals surface area contributed by atoms with Crippen LogP contribution in [0.5, 0.6) is 5.75 Å². The summed E-state index contributed by atoms with van der Waals surface area (Å²) in [6, 6.07) is 14.3. The highest BCUT2D eigenvalue weighted by atomic mass is 19.1. The van der Waals surface area contributed by atoms with Crippen molar-refractivity contribution in [2.75, 3.05) is 33.3 Å².